The second-order valence-corrected chi connectivity index (χ2v) is 1.46. The van der Waals surface area contributed by atoms with Gasteiger partial charge in [-0.2, -0.15) is 0 Å². The number of hydrogen-bond acceptors (Lipinski definition) is 0. The van der Waals surface area contributed by atoms with Crippen molar-refractivity contribution >= 4 is 0 Å². The van der Waals surface area contributed by atoms with Crippen molar-refractivity contribution in [2.45, 2.75) is 48.5 Å². The summed E-state index contributed by atoms with van der Waals surface area (Å²) in [5.41, 5.74) is 0. The van der Waals surface area contributed by atoms with Gasteiger partial charge in [-0.3, -0.25) is 0 Å². The van der Waals surface area contributed by atoms with Crippen molar-refractivity contribution in [1.29, 1.82) is 0 Å². The van der Waals surface area contributed by atoms with E-state index in [4.69, 9.17) is 0 Å². The minimum Gasteiger partial charge on any atom is -0.106 e. The Labute approximate surface area is 99.1 Å². The second-order valence-electron chi connectivity index (χ2n) is 1.46. The van der Waals surface area contributed by atoms with Crippen LogP contribution in [0.2, 0.25) is 0 Å². The van der Waals surface area contributed by atoms with Gasteiger partial charge in [0.1, 0.15) is 0 Å². The molecule has 0 amide bonds. The lowest BCUT2D eigenvalue weighted by molar-refractivity contribution is 1.50. The van der Waals surface area contributed by atoms with Gasteiger partial charge in [0.15, 0.2) is 0 Å². The Hall–Kier alpha value is -1.04. The topological polar surface area (TPSA) is 0 Å². The van der Waals surface area contributed by atoms with Gasteiger partial charge in [0.05, 0.1) is 0 Å². The zero-order valence-electron chi connectivity index (χ0n) is 12.0. The van der Waals surface area contributed by atoms with Crippen LogP contribution in [0.25, 0.3) is 0 Å². The highest BCUT2D eigenvalue weighted by molar-refractivity contribution is 4.98. The molecular weight excluding hydrogens is 180 g/mol. The van der Waals surface area contributed by atoms with Crippen molar-refractivity contribution in [3.63, 3.8) is 0 Å². The Bertz CT molecular complexity index is 86.6. The predicted octanol–water partition coefficient (Wildman–Crippen LogP) is 6.19. The van der Waals surface area contributed by atoms with Crippen LogP contribution in [0.3, 0.4) is 0 Å². The fourth-order valence-electron chi connectivity index (χ4n) is 0.222. The van der Waals surface area contributed by atoms with E-state index in [1.165, 1.54) is 0 Å². The lowest BCUT2D eigenvalue weighted by Gasteiger charge is -1.62. The molecule has 92 valence electrons. The molecule has 0 radical (unpaired) electrons. The third-order valence-electron chi connectivity index (χ3n) is 0.496. The van der Waals surface area contributed by atoms with Crippen molar-refractivity contribution in [1.82, 2.24) is 0 Å². The lowest BCUT2D eigenvalue weighted by atomic mass is 10.5. The maximum Gasteiger partial charge on any atom is -0.0467 e. The van der Waals surface area contributed by atoms with Crippen molar-refractivity contribution in [2.24, 2.45) is 0 Å². The molecule has 0 heteroatoms. The third-order valence-corrected chi connectivity index (χ3v) is 0.496. The van der Waals surface area contributed by atoms with E-state index in [0.29, 0.717) is 0 Å². The van der Waals surface area contributed by atoms with Crippen molar-refractivity contribution < 1.29 is 0 Å². The molecule has 0 saturated carbocycles. The highest BCUT2D eigenvalue weighted by Gasteiger charge is 1.48. The quantitative estimate of drug-likeness (QED) is 0.359. The zero-order valence-corrected chi connectivity index (χ0v) is 12.0. The molecule has 0 aliphatic heterocycles. The van der Waals surface area contributed by atoms with Gasteiger partial charge in [-0.25, -0.2) is 0 Å². The summed E-state index contributed by atoms with van der Waals surface area (Å²) >= 11 is 0. The normalized spacial score (nSPS) is 6.60. The van der Waals surface area contributed by atoms with Gasteiger partial charge in [-0.1, -0.05) is 58.1 Å². The van der Waals surface area contributed by atoms with E-state index < -0.39 is 0 Å². The van der Waals surface area contributed by atoms with Crippen LogP contribution in [0.1, 0.15) is 48.5 Å². The van der Waals surface area contributed by atoms with Crippen LogP contribution in [0.5, 0.6) is 0 Å². The van der Waals surface area contributed by atoms with Crippen molar-refractivity contribution in [3.05, 3.63) is 50.1 Å². The molecule has 0 N–H and O–H groups in total. The first-order valence-electron chi connectivity index (χ1n) is 5.64. The van der Waals surface area contributed by atoms with E-state index in [-0.39, 0.29) is 0 Å². The lowest BCUT2D eigenvalue weighted by Crippen LogP contribution is -1.40. The summed E-state index contributed by atoms with van der Waals surface area (Å²) in [6, 6.07) is 0. The first-order valence-corrected chi connectivity index (χ1v) is 5.64. The Morgan fingerprint density at radius 3 is 0.867 bits per heavy atom. The van der Waals surface area contributed by atoms with Gasteiger partial charge in [0.2, 0.25) is 0 Å². The van der Waals surface area contributed by atoms with E-state index in [9.17, 15) is 0 Å². The molecular formula is C15H32. The molecule has 0 atom stereocenters. The summed E-state index contributed by atoms with van der Waals surface area (Å²) in [6.45, 7) is 23.2. The highest BCUT2D eigenvalue weighted by atomic mass is 13.6. The van der Waals surface area contributed by atoms with Gasteiger partial charge in [0.25, 0.3) is 0 Å². The molecule has 0 aromatic heterocycles. The molecule has 0 fully saturated rings. The fraction of sp³-hybridized carbons (Fsp3) is 0.467. The maximum absolute atomic E-state index is 3.36. The Balaban J connectivity index is -0.0000000318. The first kappa shape index (κ1) is 29.2. The number of hydrogen-bond donors (Lipinski definition) is 0. The molecule has 0 aliphatic rings. The van der Waals surface area contributed by atoms with E-state index in [2.05, 4.69) is 19.7 Å². The Morgan fingerprint density at radius 2 is 0.800 bits per heavy atom. The summed E-state index contributed by atoms with van der Waals surface area (Å²) in [7, 11) is 0. The van der Waals surface area contributed by atoms with Crippen LogP contribution >= 0.6 is 0 Å². The van der Waals surface area contributed by atoms with Crippen molar-refractivity contribution in [2.75, 3.05) is 0 Å². The average Bonchev–Trinajstić information content (AvgIpc) is 2.35. The molecule has 0 saturated heterocycles. The highest BCUT2D eigenvalue weighted by Crippen LogP contribution is 1.71. The number of rotatable bonds is 1. The van der Waals surface area contributed by atoms with Crippen LogP contribution in [-0.4, -0.2) is 0 Å². The average molecular weight is 212 g/mol. The van der Waals surface area contributed by atoms with Gasteiger partial charge in [-0.15, -0.1) is 19.7 Å². The van der Waals surface area contributed by atoms with Gasteiger partial charge < -0.3 is 0 Å². The van der Waals surface area contributed by atoms with Crippen LogP contribution < -0.4 is 0 Å². The molecule has 0 aliphatic carbocycles. The van der Waals surface area contributed by atoms with E-state index in [1.807, 2.05) is 72.8 Å². The van der Waals surface area contributed by atoms with Gasteiger partial charge in [-0.05, 0) is 20.8 Å². The molecule has 0 aromatic carbocycles. The van der Waals surface area contributed by atoms with E-state index >= 15 is 0 Å². The summed E-state index contributed by atoms with van der Waals surface area (Å²) in [5, 5.41) is 0. The molecule has 0 aromatic rings. The monoisotopic (exact) mass is 212 g/mol. The maximum atomic E-state index is 3.36. The summed E-state index contributed by atoms with van der Waals surface area (Å²) in [6.07, 6.45) is 9.75. The second kappa shape index (κ2) is 118. The molecule has 0 spiro atoms. The first-order chi connectivity index (χ1) is 7.33. The summed E-state index contributed by atoms with van der Waals surface area (Å²) < 4.78 is 0. The zero-order chi connectivity index (χ0) is 13.5. The SMILES string of the molecule is C/C=C\C=C/C.C=C.C=CC.CC.CC. The third kappa shape index (κ3) is 405. The molecule has 0 rings (SSSR count). The fourth-order valence-corrected chi connectivity index (χ4v) is 0.222. The van der Waals surface area contributed by atoms with E-state index in [1.54, 1.807) is 6.08 Å². The Kier molecular flexibility index (Phi) is 230. The van der Waals surface area contributed by atoms with Gasteiger partial charge in [0, 0.05) is 0 Å². The summed E-state index contributed by atoms with van der Waals surface area (Å²) in [5.74, 6) is 0. The molecule has 0 heterocycles. The van der Waals surface area contributed by atoms with Crippen LogP contribution in [0.15, 0.2) is 50.1 Å². The van der Waals surface area contributed by atoms with Crippen molar-refractivity contribution in [3.8, 4) is 0 Å². The smallest absolute Gasteiger partial charge is 0.0467 e. The number of allylic oxidation sites excluding steroid dienone is 5. The minimum atomic E-state index is 1.75. The molecule has 0 bridgehead atoms. The largest absolute Gasteiger partial charge is 0.106 e. The molecule has 0 nitrogen and oxygen atoms in total. The van der Waals surface area contributed by atoms with Gasteiger partial charge >= 0.3 is 0 Å². The Morgan fingerprint density at radius 1 is 0.667 bits per heavy atom. The standard InChI is InChI=1S/C6H10.C3H6.2C2H6.C2H4/c1-3-5-6-4-2;1-3-2;3*1-2/h3-6H,1-2H3;3H,1H2,2H3;2*1-2H3;1-2H2/b5-3-,6-4-;;;;. The van der Waals surface area contributed by atoms with E-state index in [0.717, 1.165) is 0 Å². The van der Waals surface area contributed by atoms with Crippen LogP contribution in [0.4, 0.5) is 0 Å². The van der Waals surface area contributed by atoms with Crippen LogP contribution in [0, 0.1) is 0 Å². The summed E-state index contributed by atoms with van der Waals surface area (Å²) in [4.78, 5) is 0. The predicted molar refractivity (Wildman–Crippen MR) is 79.4 cm³/mol. The molecule has 15 heavy (non-hydrogen) atoms. The van der Waals surface area contributed by atoms with Crippen LogP contribution in [-0.2, 0) is 0 Å². The molecule has 0 unspecified atom stereocenters. The minimum absolute atomic E-state index is 1.75.